The van der Waals surface area contributed by atoms with Crippen molar-refractivity contribution in [1.82, 2.24) is 5.32 Å². The zero-order valence-electron chi connectivity index (χ0n) is 9.99. The first-order valence-electron chi connectivity index (χ1n) is 5.63. The Hall–Kier alpha value is -1.46. The van der Waals surface area contributed by atoms with E-state index in [9.17, 15) is 4.79 Å². The van der Waals surface area contributed by atoms with E-state index in [2.05, 4.69) is 10.6 Å². The number of rotatable bonds is 1. The molecular weight excluding hydrogens is 256 g/mol. The van der Waals surface area contributed by atoms with E-state index in [1.165, 1.54) is 0 Å². The minimum Gasteiger partial charge on any atom is -0.497 e. The van der Waals surface area contributed by atoms with Crippen LogP contribution in [0.3, 0.4) is 0 Å². The monoisotopic (exact) mass is 270 g/mol. The Morgan fingerprint density at radius 2 is 2.28 bits per heavy atom. The molecule has 1 aromatic rings. The SMILES string of the molecule is COc1ccc2c(c1)C1(CCNC1)OC(=O)N2.Cl. The van der Waals surface area contributed by atoms with Crippen molar-refractivity contribution in [3.8, 4) is 5.75 Å². The molecule has 5 nitrogen and oxygen atoms in total. The van der Waals surface area contributed by atoms with Crippen LogP contribution in [0.4, 0.5) is 10.5 Å². The lowest BCUT2D eigenvalue weighted by Gasteiger charge is -2.34. The zero-order chi connectivity index (χ0) is 11.9. The molecule has 2 N–H and O–H groups in total. The van der Waals surface area contributed by atoms with Crippen LogP contribution in [0, 0.1) is 0 Å². The van der Waals surface area contributed by atoms with Crippen LogP contribution in [-0.4, -0.2) is 26.3 Å². The van der Waals surface area contributed by atoms with Gasteiger partial charge < -0.3 is 14.8 Å². The van der Waals surface area contributed by atoms with E-state index in [1.807, 2.05) is 18.2 Å². The summed E-state index contributed by atoms with van der Waals surface area (Å²) in [6.07, 6.45) is 0.409. The largest absolute Gasteiger partial charge is 0.497 e. The van der Waals surface area contributed by atoms with Crippen LogP contribution in [0.5, 0.6) is 5.75 Å². The first kappa shape index (κ1) is 13.0. The number of ether oxygens (including phenoxy) is 2. The van der Waals surface area contributed by atoms with Gasteiger partial charge in [0.25, 0.3) is 0 Å². The van der Waals surface area contributed by atoms with Crippen LogP contribution in [-0.2, 0) is 10.3 Å². The second-order valence-electron chi connectivity index (χ2n) is 4.35. The van der Waals surface area contributed by atoms with E-state index in [1.54, 1.807) is 7.11 Å². The molecule has 1 aromatic carbocycles. The summed E-state index contributed by atoms with van der Waals surface area (Å²) in [4.78, 5) is 11.5. The molecule has 1 atom stereocenters. The molecule has 0 radical (unpaired) electrons. The van der Waals surface area contributed by atoms with E-state index in [0.29, 0.717) is 6.54 Å². The Bertz CT molecular complexity index is 472. The van der Waals surface area contributed by atoms with Gasteiger partial charge in [0, 0.05) is 18.5 Å². The summed E-state index contributed by atoms with van der Waals surface area (Å²) < 4.78 is 10.7. The summed E-state index contributed by atoms with van der Waals surface area (Å²) in [5.41, 5.74) is 1.26. The number of fused-ring (bicyclic) bond motifs is 2. The summed E-state index contributed by atoms with van der Waals surface area (Å²) in [5.74, 6) is 0.773. The first-order chi connectivity index (χ1) is 8.23. The van der Waals surface area contributed by atoms with Crippen LogP contribution in [0.2, 0.25) is 0 Å². The first-order valence-corrected chi connectivity index (χ1v) is 5.63. The van der Waals surface area contributed by atoms with Crippen LogP contribution in [0.15, 0.2) is 18.2 Å². The highest BCUT2D eigenvalue weighted by Crippen LogP contribution is 2.41. The highest BCUT2D eigenvalue weighted by Gasteiger charge is 2.44. The summed E-state index contributed by atoms with van der Waals surface area (Å²) >= 11 is 0. The molecule has 0 aliphatic carbocycles. The van der Waals surface area contributed by atoms with Crippen LogP contribution in [0.1, 0.15) is 12.0 Å². The molecule has 2 aliphatic heterocycles. The summed E-state index contributed by atoms with van der Waals surface area (Å²) in [6, 6.07) is 5.62. The molecule has 3 rings (SSSR count). The number of anilines is 1. The van der Waals surface area contributed by atoms with Crippen molar-refractivity contribution in [3.63, 3.8) is 0 Å². The van der Waals surface area contributed by atoms with Gasteiger partial charge in [-0.1, -0.05) is 0 Å². The normalized spacial score (nSPS) is 24.8. The van der Waals surface area contributed by atoms with Crippen molar-refractivity contribution < 1.29 is 14.3 Å². The van der Waals surface area contributed by atoms with Gasteiger partial charge in [-0.05, 0) is 24.7 Å². The van der Waals surface area contributed by atoms with Crippen LogP contribution < -0.4 is 15.4 Å². The van der Waals surface area contributed by atoms with Gasteiger partial charge in [0.1, 0.15) is 5.75 Å². The quantitative estimate of drug-likeness (QED) is 0.818. The average Bonchev–Trinajstić information content (AvgIpc) is 2.78. The molecule has 6 heteroatoms. The number of amides is 1. The number of carbonyl (C=O) groups excluding carboxylic acids is 1. The molecule has 98 valence electrons. The Balaban J connectivity index is 0.00000120. The van der Waals surface area contributed by atoms with Crippen molar-refractivity contribution in [2.45, 2.75) is 12.0 Å². The molecule has 18 heavy (non-hydrogen) atoms. The number of methoxy groups -OCH3 is 1. The standard InChI is InChI=1S/C12H14N2O3.ClH/c1-16-8-2-3-10-9(6-8)12(4-5-13-7-12)17-11(15)14-10;/h2-3,6,13H,4-5,7H2,1H3,(H,14,15);1H. The van der Waals surface area contributed by atoms with Crippen LogP contribution >= 0.6 is 12.4 Å². The average molecular weight is 271 g/mol. The number of nitrogens with one attached hydrogen (secondary N) is 2. The molecule has 2 aliphatic rings. The molecule has 1 fully saturated rings. The zero-order valence-corrected chi connectivity index (χ0v) is 10.8. The third-order valence-corrected chi connectivity index (χ3v) is 3.36. The van der Waals surface area contributed by atoms with Gasteiger partial charge in [0.2, 0.25) is 0 Å². The van der Waals surface area contributed by atoms with Gasteiger partial charge in [0.15, 0.2) is 5.60 Å². The molecule has 2 heterocycles. The number of hydrogen-bond donors (Lipinski definition) is 2. The third kappa shape index (κ3) is 1.89. The van der Waals surface area contributed by atoms with E-state index >= 15 is 0 Å². The molecule has 1 saturated heterocycles. The van der Waals surface area contributed by atoms with Gasteiger partial charge in [-0.25, -0.2) is 4.79 Å². The van der Waals surface area contributed by atoms with Crippen molar-refractivity contribution >= 4 is 24.2 Å². The lowest BCUT2D eigenvalue weighted by molar-refractivity contribution is 0.0276. The second-order valence-corrected chi connectivity index (χ2v) is 4.35. The maximum atomic E-state index is 11.5. The van der Waals surface area contributed by atoms with Gasteiger partial charge in [0.05, 0.1) is 12.8 Å². The fourth-order valence-electron chi connectivity index (χ4n) is 2.49. The Morgan fingerprint density at radius 1 is 1.44 bits per heavy atom. The Morgan fingerprint density at radius 3 is 2.94 bits per heavy atom. The molecule has 0 aromatic heterocycles. The van der Waals surface area contributed by atoms with E-state index < -0.39 is 5.60 Å². The van der Waals surface area contributed by atoms with E-state index in [0.717, 1.165) is 30.0 Å². The smallest absolute Gasteiger partial charge is 0.412 e. The molecule has 0 saturated carbocycles. The number of carbonyl (C=O) groups is 1. The molecule has 1 spiro atoms. The molecule has 1 amide bonds. The highest BCUT2D eigenvalue weighted by atomic mass is 35.5. The van der Waals surface area contributed by atoms with Crippen molar-refractivity contribution in [3.05, 3.63) is 23.8 Å². The maximum Gasteiger partial charge on any atom is 0.412 e. The van der Waals surface area contributed by atoms with Crippen molar-refractivity contribution in [2.24, 2.45) is 0 Å². The number of benzene rings is 1. The van der Waals surface area contributed by atoms with Crippen molar-refractivity contribution in [2.75, 3.05) is 25.5 Å². The number of halogens is 1. The van der Waals surface area contributed by atoms with E-state index in [4.69, 9.17) is 9.47 Å². The lowest BCUT2D eigenvalue weighted by Crippen LogP contribution is -2.41. The third-order valence-electron chi connectivity index (χ3n) is 3.36. The van der Waals surface area contributed by atoms with Gasteiger partial charge in [-0.15, -0.1) is 12.4 Å². The maximum absolute atomic E-state index is 11.5. The van der Waals surface area contributed by atoms with E-state index in [-0.39, 0.29) is 18.5 Å². The van der Waals surface area contributed by atoms with Crippen LogP contribution in [0.25, 0.3) is 0 Å². The number of hydrogen-bond acceptors (Lipinski definition) is 4. The summed E-state index contributed by atoms with van der Waals surface area (Å²) in [6.45, 7) is 1.50. The molecular formula is C12H15ClN2O3. The second kappa shape index (κ2) is 4.66. The minimum absolute atomic E-state index is 0. The highest BCUT2D eigenvalue weighted by molar-refractivity contribution is 5.89. The minimum atomic E-state index is -0.536. The molecule has 0 bridgehead atoms. The lowest BCUT2D eigenvalue weighted by atomic mass is 9.90. The van der Waals surface area contributed by atoms with Gasteiger partial charge >= 0.3 is 6.09 Å². The summed E-state index contributed by atoms with van der Waals surface area (Å²) in [7, 11) is 1.63. The molecule has 1 unspecified atom stereocenters. The Labute approximate surface area is 111 Å². The fourth-order valence-corrected chi connectivity index (χ4v) is 2.49. The van der Waals surface area contributed by atoms with Crippen molar-refractivity contribution in [1.29, 1.82) is 0 Å². The fraction of sp³-hybridized carbons (Fsp3) is 0.417. The van der Waals surface area contributed by atoms with Gasteiger partial charge in [-0.2, -0.15) is 0 Å². The Kier molecular flexibility index (Phi) is 3.36. The predicted octanol–water partition coefficient (Wildman–Crippen LogP) is 1.87. The summed E-state index contributed by atoms with van der Waals surface area (Å²) in [5, 5.41) is 5.95. The topological polar surface area (TPSA) is 59.6 Å². The van der Waals surface area contributed by atoms with Gasteiger partial charge in [-0.3, -0.25) is 5.32 Å². The predicted molar refractivity (Wildman–Crippen MR) is 69.5 cm³/mol.